The second-order valence-electron chi connectivity index (χ2n) is 6.16. The number of aromatic nitrogens is 1. The lowest BCUT2D eigenvalue weighted by atomic mass is 10.0. The number of aryl methyl sites for hydroxylation is 3. The van der Waals surface area contributed by atoms with Crippen LogP contribution in [0.1, 0.15) is 17.0 Å². The molecular formula is C21H22ClNO4. The highest BCUT2D eigenvalue weighted by atomic mass is 35.7. The summed E-state index contributed by atoms with van der Waals surface area (Å²) in [4.78, 5) is 0. The highest BCUT2D eigenvalue weighted by Crippen LogP contribution is 2.19. The summed E-state index contributed by atoms with van der Waals surface area (Å²) in [6.45, 7) is 5.42. The van der Waals surface area contributed by atoms with Crippen LogP contribution in [0.15, 0.2) is 72.8 Å². The second-order valence-corrected chi connectivity index (χ2v) is 6.91. The maximum atomic E-state index is 8.49. The van der Waals surface area contributed by atoms with Crippen molar-refractivity contribution in [2.75, 3.05) is 0 Å². The molecule has 142 valence electrons. The standard InChI is InChI=1S/C21H22N.ClHO4/c1-17-15-21(20-11-7-4-8-12-20)16-18(2)22(17)14-13-19-9-5-3-6-10-19;2-1(3,4)5/h3-12,15-16H,13-14H2,1-2H3;(H,2,3,4,5)/q+1;/p-1. The SMILES string of the molecule is Cc1cc(-c2ccccc2)cc(C)[n+]1CCc1ccccc1.[O-][Cl+3]([O-])([O-])[O-]. The topological polar surface area (TPSA) is 96.1 Å². The molecule has 0 saturated heterocycles. The number of hydrogen-bond acceptors (Lipinski definition) is 4. The molecule has 27 heavy (non-hydrogen) atoms. The third-order valence-electron chi connectivity index (χ3n) is 4.15. The lowest BCUT2D eigenvalue weighted by Gasteiger charge is -2.17. The lowest BCUT2D eigenvalue weighted by Crippen LogP contribution is -2.68. The van der Waals surface area contributed by atoms with Gasteiger partial charge in [-0.15, -0.1) is 10.2 Å². The molecule has 0 saturated carbocycles. The van der Waals surface area contributed by atoms with Crippen LogP contribution in [0.5, 0.6) is 0 Å². The smallest absolute Gasteiger partial charge is 0.179 e. The molecule has 1 aromatic heterocycles. The average molecular weight is 388 g/mol. The van der Waals surface area contributed by atoms with Crippen molar-refractivity contribution in [1.29, 1.82) is 0 Å². The normalized spacial score (nSPS) is 10.9. The number of hydrogen-bond donors (Lipinski definition) is 0. The molecule has 0 spiro atoms. The fraction of sp³-hybridized carbons (Fsp3) is 0.190. The van der Waals surface area contributed by atoms with E-state index >= 15 is 0 Å². The summed E-state index contributed by atoms with van der Waals surface area (Å²) in [5.74, 6) is 0. The number of halogens is 1. The Hall–Kier alpha value is -2.28. The molecule has 0 aliphatic heterocycles. The molecule has 0 atom stereocenters. The van der Waals surface area contributed by atoms with E-state index in [0.717, 1.165) is 13.0 Å². The Labute approximate surface area is 161 Å². The minimum Gasteiger partial charge on any atom is -0.222 e. The maximum Gasteiger partial charge on any atom is 0.179 e. The van der Waals surface area contributed by atoms with E-state index in [2.05, 4.69) is 91.2 Å². The fourth-order valence-electron chi connectivity index (χ4n) is 2.96. The molecule has 0 amide bonds. The molecule has 0 radical (unpaired) electrons. The molecule has 0 bridgehead atoms. The van der Waals surface area contributed by atoms with Gasteiger partial charge in [0.15, 0.2) is 17.9 Å². The monoisotopic (exact) mass is 387 g/mol. The first-order chi connectivity index (χ1) is 12.7. The molecule has 5 nitrogen and oxygen atoms in total. The molecular weight excluding hydrogens is 366 g/mol. The second kappa shape index (κ2) is 9.60. The summed E-state index contributed by atoms with van der Waals surface area (Å²) in [5.41, 5.74) is 6.60. The molecule has 3 aromatic rings. The summed E-state index contributed by atoms with van der Waals surface area (Å²) < 4.78 is 36.4. The summed E-state index contributed by atoms with van der Waals surface area (Å²) in [6, 6.07) is 25.8. The number of pyridine rings is 1. The molecule has 2 aromatic carbocycles. The molecule has 3 rings (SSSR count). The number of benzene rings is 2. The predicted molar refractivity (Wildman–Crippen MR) is 91.7 cm³/mol. The van der Waals surface area contributed by atoms with Gasteiger partial charge in [0.2, 0.25) is 0 Å². The summed E-state index contributed by atoms with van der Waals surface area (Å²) in [6.07, 6.45) is 1.07. The Morgan fingerprint density at radius 3 is 1.63 bits per heavy atom. The predicted octanol–water partition coefficient (Wildman–Crippen LogP) is -0.255. The van der Waals surface area contributed by atoms with Crippen LogP contribution in [-0.4, -0.2) is 0 Å². The van der Waals surface area contributed by atoms with Crippen LogP contribution >= 0.6 is 0 Å². The first-order valence-electron chi connectivity index (χ1n) is 8.46. The lowest BCUT2D eigenvalue weighted by molar-refractivity contribution is -2.00. The van der Waals surface area contributed by atoms with Gasteiger partial charge in [-0.3, -0.25) is 0 Å². The van der Waals surface area contributed by atoms with Crippen molar-refractivity contribution in [3.8, 4) is 11.1 Å². The van der Waals surface area contributed by atoms with Crippen LogP contribution in [0.4, 0.5) is 0 Å². The zero-order valence-electron chi connectivity index (χ0n) is 15.3. The van der Waals surface area contributed by atoms with Gasteiger partial charge >= 0.3 is 0 Å². The Morgan fingerprint density at radius 2 is 1.15 bits per heavy atom. The van der Waals surface area contributed by atoms with Crippen molar-refractivity contribution in [2.24, 2.45) is 0 Å². The fourth-order valence-corrected chi connectivity index (χ4v) is 2.96. The van der Waals surface area contributed by atoms with Crippen molar-refractivity contribution in [3.05, 3.63) is 89.7 Å². The highest BCUT2D eigenvalue weighted by molar-refractivity contribution is 5.63. The number of rotatable bonds is 4. The first-order valence-corrected chi connectivity index (χ1v) is 9.69. The third-order valence-corrected chi connectivity index (χ3v) is 4.15. The van der Waals surface area contributed by atoms with E-state index in [9.17, 15) is 0 Å². The van der Waals surface area contributed by atoms with Gasteiger partial charge in [0.1, 0.15) is 0 Å². The van der Waals surface area contributed by atoms with E-state index in [1.165, 1.54) is 28.1 Å². The van der Waals surface area contributed by atoms with Crippen LogP contribution in [-0.2, 0) is 13.0 Å². The Morgan fingerprint density at radius 1 is 0.704 bits per heavy atom. The van der Waals surface area contributed by atoms with Gasteiger partial charge in [-0.25, -0.2) is 18.6 Å². The minimum absolute atomic E-state index is 1.02. The number of nitrogens with zero attached hydrogens (tertiary/aromatic N) is 1. The maximum absolute atomic E-state index is 8.49. The van der Waals surface area contributed by atoms with Gasteiger partial charge < -0.3 is 0 Å². The van der Waals surface area contributed by atoms with Crippen LogP contribution in [0.25, 0.3) is 11.1 Å². The van der Waals surface area contributed by atoms with Gasteiger partial charge in [-0.1, -0.05) is 60.7 Å². The average Bonchev–Trinajstić information content (AvgIpc) is 2.61. The molecule has 0 aliphatic rings. The minimum atomic E-state index is -4.94. The Bertz CT molecular complexity index is 820. The van der Waals surface area contributed by atoms with Crippen LogP contribution in [0, 0.1) is 24.1 Å². The highest BCUT2D eigenvalue weighted by Gasteiger charge is 2.13. The van der Waals surface area contributed by atoms with Crippen molar-refractivity contribution in [3.63, 3.8) is 0 Å². The van der Waals surface area contributed by atoms with Crippen LogP contribution < -0.4 is 23.2 Å². The van der Waals surface area contributed by atoms with Gasteiger partial charge in [-0.05, 0) is 16.7 Å². The van der Waals surface area contributed by atoms with Gasteiger partial charge in [0.25, 0.3) is 0 Å². The Kier molecular flexibility index (Phi) is 7.47. The van der Waals surface area contributed by atoms with Crippen molar-refractivity contribution >= 4 is 0 Å². The quantitative estimate of drug-likeness (QED) is 0.576. The first kappa shape index (κ1) is 21.0. The van der Waals surface area contributed by atoms with Crippen molar-refractivity contribution in [2.45, 2.75) is 26.8 Å². The summed E-state index contributed by atoms with van der Waals surface area (Å²) in [7, 11) is -4.94. The molecule has 0 fully saturated rings. The molecule has 1 heterocycles. The Balaban J connectivity index is 0.000000465. The summed E-state index contributed by atoms with van der Waals surface area (Å²) in [5, 5.41) is 0. The van der Waals surface area contributed by atoms with E-state index in [4.69, 9.17) is 18.6 Å². The van der Waals surface area contributed by atoms with Crippen molar-refractivity contribution < 1.29 is 33.4 Å². The third kappa shape index (κ3) is 7.46. The zero-order chi connectivity index (χ0) is 19.9. The van der Waals surface area contributed by atoms with Crippen LogP contribution in [0.3, 0.4) is 0 Å². The van der Waals surface area contributed by atoms with E-state index in [1.54, 1.807) is 0 Å². The van der Waals surface area contributed by atoms with Gasteiger partial charge in [0.05, 0.1) is 0 Å². The molecule has 0 N–H and O–H groups in total. The van der Waals surface area contributed by atoms with E-state index < -0.39 is 10.2 Å². The largest absolute Gasteiger partial charge is 0.222 e. The van der Waals surface area contributed by atoms with E-state index in [0.29, 0.717) is 0 Å². The molecule has 0 aliphatic carbocycles. The van der Waals surface area contributed by atoms with Gasteiger partial charge in [0, 0.05) is 32.4 Å². The van der Waals surface area contributed by atoms with Crippen molar-refractivity contribution in [1.82, 2.24) is 0 Å². The zero-order valence-corrected chi connectivity index (χ0v) is 16.1. The summed E-state index contributed by atoms with van der Waals surface area (Å²) >= 11 is 0. The van der Waals surface area contributed by atoms with E-state index in [1.807, 2.05) is 0 Å². The van der Waals surface area contributed by atoms with E-state index in [-0.39, 0.29) is 0 Å². The van der Waals surface area contributed by atoms with Gasteiger partial charge in [-0.2, -0.15) is 4.57 Å². The molecule has 0 unspecified atom stereocenters. The van der Waals surface area contributed by atoms with Crippen LogP contribution in [0.2, 0.25) is 0 Å². The molecule has 6 heteroatoms.